The third-order valence-corrected chi connectivity index (χ3v) is 2.96. The second-order valence-electron chi connectivity index (χ2n) is 4.81. The third kappa shape index (κ3) is 3.96. The van der Waals surface area contributed by atoms with E-state index in [1.165, 1.54) is 0 Å². The van der Waals surface area contributed by atoms with Crippen LogP contribution in [0.25, 0.3) is 0 Å². The minimum atomic E-state index is -0.795. The fraction of sp³-hybridized carbons (Fsp3) is 0.167. The van der Waals surface area contributed by atoms with Gasteiger partial charge in [-0.05, 0) is 25.5 Å². The van der Waals surface area contributed by atoms with Gasteiger partial charge in [-0.3, -0.25) is 0 Å². The van der Waals surface area contributed by atoms with Crippen LogP contribution in [0.3, 0.4) is 0 Å². The SMILES string of the molecule is C=C(C)C(=O)OC(Oc1ccccc1C)c1ccccc1. The van der Waals surface area contributed by atoms with Crippen LogP contribution in [0.1, 0.15) is 24.3 Å². The monoisotopic (exact) mass is 282 g/mol. The van der Waals surface area contributed by atoms with Gasteiger partial charge in [-0.1, -0.05) is 55.1 Å². The maximum absolute atomic E-state index is 11.8. The molecule has 0 fully saturated rings. The first-order chi connectivity index (χ1) is 10.1. The number of ether oxygens (including phenoxy) is 2. The van der Waals surface area contributed by atoms with Crippen molar-refractivity contribution in [2.24, 2.45) is 0 Å². The molecule has 2 aromatic carbocycles. The normalized spacial score (nSPS) is 11.5. The first-order valence-corrected chi connectivity index (χ1v) is 6.71. The summed E-state index contributed by atoms with van der Waals surface area (Å²) in [5, 5.41) is 0. The standard InChI is InChI=1S/C18H18O3/c1-13(2)17(19)21-18(15-10-5-4-6-11-15)20-16-12-8-7-9-14(16)3/h4-12,18H,1H2,2-3H3. The molecule has 0 aliphatic carbocycles. The smallest absolute Gasteiger partial charge is 0.336 e. The van der Waals surface area contributed by atoms with Crippen LogP contribution in [0, 0.1) is 6.92 Å². The molecule has 3 nitrogen and oxygen atoms in total. The van der Waals surface area contributed by atoms with Gasteiger partial charge >= 0.3 is 5.97 Å². The van der Waals surface area contributed by atoms with Crippen molar-refractivity contribution in [3.63, 3.8) is 0 Å². The summed E-state index contributed by atoms with van der Waals surface area (Å²) in [4.78, 5) is 11.8. The highest BCUT2D eigenvalue weighted by Gasteiger charge is 2.19. The lowest BCUT2D eigenvalue weighted by molar-refractivity contribution is -0.160. The van der Waals surface area contributed by atoms with E-state index in [0.29, 0.717) is 11.3 Å². The Bertz CT molecular complexity index is 632. The van der Waals surface area contributed by atoms with Gasteiger partial charge in [-0.15, -0.1) is 0 Å². The Morgan fingerprint density at radius 3 is 2.29 bits per heavy atom. The van der Waals surface area contributed by atoms with Crippen molar-refractivity contribution in [3.8, 4) is 5.75 Å². The van der Waals surface area contributed by atoms with E-state index in [0.717, 1.165) is 11.1 Å². The van der Waals surface area contributed by atoms with Gasteiger partial charge in [-0.2, -0.15) is 0 Å². The zero-order valence-electron chi connectivity index (χ0n) is 12.2. The molecule has 0 radical (unpaired) electrons. The summed E-state index contributed by atoms with van der Waals surface area (Å²) in [5.41, 5.74) is 2.09. The maximum atomic E-state index is 11.8. The van der Waals surface area contributed by atoms with Crippen LogP contribution in [0.2, 0.25) is 0 Å². The van der Waals surface area contributed by atoms with Crippen LogP contribution < -0.4 is 4.74 Å². The Morgan fingerprint density at radius 1 is 1.05 bits per heavy atom. The molecule has 0 aromatic heterocycles. The molecular weight excluding hydrogens is 264 g/mol. The molecule has 0 aliphatic heterocycles. The fourth-order valence-corrected chi connectivity index (χ4v) is 1.77. The number of rotatable bonds is 5. The summed E-state index contributed by atoms with van der Waals surface area (Å²) >= 11 is 0. The van der Waals surface area contributed by atoms with Gasteiger partial charge in [-0.25, -0.2) is 4.79 Å². The Hall–Kier alpha value is -2.55. The molecule has 1 atom stereocenters. The number of para-hydroxylation sites is 1. The number of carbonyl (C=O) groups is 1. The van der Waals surface area contributed by atoms with Crippen molar-refractivity contribution in [2.75, 3.05) is 0 Å². The van der Waals surface area contributed by atoms with Crippen LogP contribution >= 0.6 is 0 Å². The minimum absolute atomic E-state index is 0.337. The Morgan fingerprint density at radius 2 is 1.67 bits per heavy atom. The quantitative estimate of drug-likeness (QED) is 0.468. The number of benzene rings is 2. The molecule has 0 heterocycles. The van der Waals surface area contributed by atoms with Crippen LogP contribution in [0.4, 0.5) is 0 Å². The van der Waals surface area contributed by atoms with E-state index in [9.17, 15) is 4.79 Å². The van der Waals surface area contributed by atoms with Crippen LogP contribution in [-0.4, -0.2) is 5.97 Å². The molecule has 3 heteroatoms. The lowest BCUT2D eigenvalue weighted by Crippen LogP contribution is -2.17. The Balaban J connectivity index is 2.26. The van der Waals surface area contributed by atoms with Crippen LogP contribution in [-0.2, 0) is 9.53 Å². The van der Waals surface area contributed by atoms with Gasteiger partial charge in [0.25, 0.3) is 6.29 Å². The van der Waals surface area contributed by atoms with Crippen molar-refractivity contribution in [1.29, 1.82) is 0 Å². The number of hydrogen-bond donors (Lipinski definition) is 0. The fourth-order valence-electron chi connectivity index (χ4n) is 1.77. The average molecular weight is 282 g/mol. The van der Waals surface area contributed by atoms with E-state index in [1.807, 2.05) is 61.5 Å². The molecular formula is C18H18O3. The molecule has 0 saturated carbocycles. The largest absolute Gasteiger partial charge is 0.450 e. The molecule has 0 amide bonds. The maximum Gasteiger partial charge on any atom is 0.336 e. The number of esters is 1. The number of aryl methyl sites for hydroxylation is 1. The molecule has 0 saturated heterocycles. The predicted molar refractivity (Wildman–Crippen MR) is 81.9 cm³/mol. The van der Waals surface area contributed by atoms with E-state index in [-0.39, 0.29) is 0 Å². The summed E-state index contributed by atoms with van der Waals surface area (Å²) in [6.07, 6.45) is -0.795. The zero-order valence-corrected chi connectivity index (χ0v) is 12.2. The first-order valence-electron chi connectivity index (χ1n) is 6.71. The van der Waals surface area contributed by atoms with Gasteiger partial charge in [0.05, 0.1) is 0 Å². The molecule has 108 valence electrons. The molecule has 0 N–H and O–H groups in total. The molecule has 2 aromatic rings. The van der Waals surface area contributed by atoms with Gasteiger partial charge in [0.15, 0.2) is 0 Å². The second-order valence-corrected chi connectivity index (χ2v) is 4.81. The number of carbonyl (C=O) groups excluding carboxylic acids is 1. The Labute approximate surface area is 124 Å². The average Bonchev–Trinajstić information content (AvgIpc) is 2.49. The van der Waals surface area contributed by atoms with Crippen molar-refractivity contribution < 1.29 is 14.3 Å². The topological polar surface area (TPSA) is 35.5 Å². The highest BCUT2D eigenvalue weighted by atomic mass is 16.7. The summed E-state index contributed by atoms with van der Waals surface area (Å²) in [6, 6.07) is 17.0. The second kappa shape index (κ2) is 6.75. The highest BCUT2D eigenvalue weighted by molar-refractivity contribution is 5.87. The molecule has 0 spiro atoms. The van der Waals surface area contributed by atoms with E-state index in [4.69, 9.17) is 9.47 Å². The van der Waals surface area contributed by atoms with Crippen LogP contribution in [0.15, 0.2) is 66.7 Å². The van der Waals surface area contributed by atoms with E-state index >= 15 is 0 Å². The van der Waals surface area contributed by atoms with Gasteiger partial charge < -0.3 is 9.47 Å². The summed E-state index contributed by atoms with van der Waals surface area (Å²) in [6.45, 7) is 7.15. The highest BCUT2D eigenvalue weighted by Crippen LogP contribution is 2.26. The summed E-state index contributed by atoms with van der Waals surface area (Å²) in [5.74, 6) is 0.207. The lowest BCUT2D eigenvalue weighted by atomic mass is 10.2. The Kier molecular flexibility index (Phi) is 4.77. The van der Waals surface area contributed by atoms with Gasteiger partial charge in [0, 0.05) is 11.1 Å². The molecule has 0 bridgehead atoms. The summed E-state index contributed by atoms with van der Waals surface area (Å²) < 4.78 is 11.3. The van der Waals surface area contributed by atoms with Crippen molar-refractivity contribution >= 4 is 5.97 Å². The van der Waals surface area contributed by atoms with E-state index in [2.05, 4.69) is 6.58 Å². The van der Waals surface area contributed by atoms with Crippen molar-refractivity contribution in [2.45, 2.75) is 20.1 Å². The van der Waals surface area contributed by atoms with Gasteiger partial charge in [0.2, 0.25) is 0 Å². The zero-order chi connectivity index (χ0) is 15.2. The molecule has 21 heavy (non-hydrogen) atoms. The molecule has 2 rings (SSSR count). The number of hydrogen-bond acceptors (Lipinski definition) is 3. The third-order valence-electron chi connectivity index (χ3n) is 2.96. The van der Waals surface area contributed by atoms with Crippen LogP contribution in [0.5, 0.6) is 5.75 Å². The van der Waals surface area contributed by atoms with E-state index < -0.39 is 12.3 Å². The molecule has 1 unspecified atom stereocenters. The lowest BCUT2D eigenvalue weighted by Gasteiger charge is -2.20. The van der Waals surface area contributed by atoms with Gasteiger partial charge in [0.1, 0.15) is 5.75 Å². The molecule has 0 aliphatic rings. The summed E-state index contributed by atoms with van der Waals surface area (Å²) in [7, 11) is 0. The van der Waals surface area contributed by atoms with Crippen molar-refractivity contribution in [3.05, 3.63) is 77.9 Å². The first kappa shape index (κ1) is 14.9. The van der Waals surface area contributed by atoms with Crippen molar-refractivity contribution in [1.82, 2.24) is 0 Å². The minimum Gasteiger partial charge on any atom is -0.450 e. The van der Waals surface area contributed by atoms with E-state index in [1.54, 1.807) is 6.92 Å². The predicted octanol–water partition coefficient (Wildman–Crippen LogP) is 4.19.